The molecule has 2 rings (SSSR count). The van der Waals surface area contributed by atoms with Crippen molar-refractivity contribution in [2.45, 2.75) is 20.3 Å². The molecule has 0 aliphatic heterocycles. The van der Waals surface area contributed by atoms with Gasteiger partial charge in [-0.15, -0.1) is 22.7 Å². The van der Waals surface area contributed by atoms with Gasteiger partial charge in [-0.1, -0.05) is 13.0 Å². The number of nitrogens with one attached hydrogen (secondary N) is 2. The predicted molar refractivity (Wildman–Crippen MR) is 85.2 cm³/mol. The van der Waals surface area contributed by atoms with E-state index in [1.54, 1.807) is 6.07 Å². The number of aromatic nitrogens is 1. The largest absolute Gasteiger partial charge is 0.350 e. The van der Waals surface area contributed by atoms with Crippen molar-refractivity contribution in [1.29, 1.82) is 0 Å². The predicted octanol–water partition coefficient (Wildman–Crippen LogP) is 2.24. The van der Waals surface area contributed by atoms with Gasteiger partial charge in [-0.05, 0) is 24.8 Å². The first-order chi connectivity index (χ1) is 10.1. The van der Waals surface area contributed by atoms with E-state index in [2.05, 4.69) is 15.6 Å². The monoisotopic (exact) mass is 323 g/mol. The van der Waals surface area contributed by atoms with Crippen molar-refractivity contribution in [3.8, 4) is 0 Å². The van der Waals surface area contributed by atoms with Crippen molar-refractivity contribution in [2.24, 2.45) is 0 Å². The molecule has 0 spiro atoms. The second-order valence-corrected chi connectivity index (χ2v) is 6.40. The van der Waals surface area contributed by atoms with Crippen LogP contribution in [0, 0.1) is 6.92 Å². The molecule has 2 aromatic rings. The zero-order chi connectivity index (χ0) is 15.2. The van der Waals surface area contributed by atoms with Crippen LogP contribution in [0.25, 0.3) is 0 Å². The lowest BCUT2D eigenvalue weighted by atomic mass is 10.3. The van der Waals surface area contributed by atoms with Crippen LogP contribution in [0.5, 0.6) is 0 Å². The van der Waals surface area contributed by atoms with Crippen LogP contribution < -0.4 is 10.6 Å². The molecule has 0 aliphatic carbocycles. The maximum Gasteiger partial charge on any atom is 0.263 e. The summed E-state index contributed by atoms with van der Waals surface area (Å²) in [5.74, 6) is -0.239. The van der Waals surface area contributed by atoms with Crippen molar-refractivity contribution in [1.82, 2.24) is 15.6 Å². The van der Waals surface area contributed by atoms with Crippen molar-refractivity contribution >= 4 is 34.5 Å². The smallest absolute Gasteiger partial charge is 0.263 e. The summed E-state index contributed by atoms with van der Waals surface area (Å²) < 4.78 is 0. The number of hydrogen-bond acceptors (Lipinski definition) is 5. The fraction of sp³-hybridized carbons (Fsp3) is 0.357. The second-order valence-electron chi connectivity index (χ2n) is 4.36. The minimum Gasteiger partial charge on any atom is -0.350 e. The fourth-order valence-electron chi connectivity index (χ4n) is 1.74. The average Bonchev–Trinajstić information content (AvgIpc) is 3.12. The molecule has 2 aromatic heterocycles. The first-order valence-corrected chi connectivity index (χ1v) is 8.37. The molecule has 0 bridgehead atoms. The standard InChI is InChI=1S/C14H17N3O2S2/c1-3-11-17-9(2)12(21-11)14(19)16-7-6-15-13(18)10-5-4-8-20-10/h4-5,8H,3,6-7H2,1-2H3,(H,15,18)(H,16,19). The summed E-state index contributed by atoms with van der Waals surface area (Å²) in [6, 6.07) is 3.60. The number of hydrogen-bond donors (Lipinski definition) is 2. The summed E-state index contributed by atoms with van der Waals surface area (Å²) in [5.41, 5.74) is 0.761. The van der Waals surface area contributed by atoms with E-state index in [0.717, 1.165) is 17.1 Å². The SMILES string of the molecule is CCc1nc(C)c(C(=O)NCCNC(=O)c2cccs2)s1. The van der Waals surface area contributed by atoms with Crippen molar-refractivity contribution < 1.29 is 9.59 Å². The highest BCUT2D eigenvalue weighted by Gasteiger charge is 2.14. The minimum absolute atomic E-state index is 0.110. The van der Waals surface area contributed by atoms with Gasteiger partial charge in [0.1, 0.15) is 4.88 Å². The molecule has 0 unspecified atom stereocenters. The number of amides is 2. The molecule has 2 amide bonds. The van der Waals surface area contributed by atoms with Crippen LogP contribution in [0.15, 0.2) is 17.5 Å². The van der Waals surface area contributed by atoms with Gasteiger partial charge < -0.3 is 10.6 Å². The van der Waals surface area contributed by atoms with Gasteiger partial charge >= 0.3 is 0 Å². The number of nitrogens with zero attached hydrogens (tertiary/aromatic N) is 1. The molecule has 0 aromatic carbocycles. The van der Waals surface area contributed by atoms with E-state index < -0.39 is 0 Å². The quantitative estimate of drug-likeness (QED) is 0.801. The zero-order valence-electron chi connectivity index (χ0n) is 11.9. The molecule has 7 heteroatoms. The Balaban J connectivity index is 1.76. The van der Waals surface area contributed by atoms with Gasteiger partial charge in [0.25, 0.3) is 11.8 Å². The maximum atomic E-state index is 12.0. The van der Waals surface area contributed by atoms with Gasteiger partial charge in [0, 0.05) is 13.1 Å². The van der Waals surface area contributed by atoms with E-state index in [9.17, 15) is 9.59 Å². The molecule has 2 heterocycles. The van der Waals surface area contributed by atoms with Crippen LogP contribution in [-0.4, -0.2) is 29.9 Å². The molecule has 0 atom stereocenters. The van der Waals surface area contributed by atoms with Crippen LogP contribution >= 0.6 is 22.7 Å². The molecular weight excluding hydrogens is 306 g/mol. The maximum absolute atomic E-state index is 12.0. The Kier molecular flexibility index (Phi) is 5.46. The summed E-state index contributed by atoms with van der Waals surface area (Å²) in [6.07, 6.45) is 0.829. The van der Waals surface area contributed by atoms with Crippen LogP contribution in [0.4, 0.5) is 0 Å². The summed E-state index contributed by atoms with van der Waals surface area (Å²) in [7, 11) is 0. The highest BCUT2D eigenvalue weighted by atomic mass is 32.1. The van der Waals surface area contributed by atoms with Crippen molar-refractivity contribution in [3.05, 3.63) is 38.0 Å². The van der Waals surface area contributed by atoms with Crippen molar-refractivity contribution in [3.63, 3.8) is 0 Å². The molecule has 21 heavy (non-hydrogen) atoms. The number of aryl methyl sites for hydroxylation is 2. The van der Waals surface area contributed by atoms with Gasteiger partial charge in [0.2, 0.25) is 0 Å². The highest BCUT2D eigenvalue weighted by molar-refractivity contribution is 7.13. The molecule has 5 nitrogen and oxygen atoms in total. The lowest BCUT2D eigenvalue weighted by molar-refractivity contribution is 0.0931. The number of carbonyl (C=O) groups is 2. The normalized spacial score (nSPS) is 10.4. The molecule has 0 saturated carbocycles. The number of rotatable bonds is 6. The van der Waals surface area contributed by atoms with Crippen LogP contribution in [0.3, 0.4) is 0 Å². The van der Waals surface area contributed by atoms with E-state index >= 15 is 0 Å². The van der Waals surface area contributed by atoms with E-state index in [0.29, 0.717) is 22.8 Å². The molecule has 0 radical (unpaired) electrons. The summed E-state index contributed by atoms with van der Waals surface area (Å²) >= 11 is 2.81. The molecule has 0 fully saturated rings. The Morgan fingerprint density at radius 3 is 2.52 bits per heavy atom. The Labute approximate surface area is 131 Å². The van der Waals surface area contributed by atoms with E-state index in [4.69, 9.17) is 0 Å². The Hall–Kier alpha value is -1.73. The third-order valence-electron chi connectivity index (χ3n) is 2.79. The first kappa shape index (κ1) is 15.7. The van der Waals surface area contributed by atoms with E-state index in [1.807, 2.05) is 25.3 Å². The topological polar surface area (TPSA) is 71.1 Å². The van der Waals surface area contributed by atoms with Crippen LogP contribution in [-0.2, 0) is 6.42 Å². The van der Waals surface area contributed by atoms with E-state index in [-0.39, 0.29) is 11.8 Å². The molecular formula is C14H17N3O2S2. The minimum atomic E-state index is -0.130. The van der Waals surface area contributed by atoms with Gasteiger partial charge in [-0.25, -0.2) is 4.98 Å². The summed E-state index contributed by atoms with van der Waals surface area (Å²) in [4.78, 5) is 29.4. The summed E-state index contributed by atoms with van der Waals surface area (Å²) in [5, 5.41) is 8.38. The van der Waals surface area contributed by atoms with Crippen LogP contribution in [0.2, 0.25) is 0 Å². The molecule has 0 aliphatic rings. The van der Waals surface area contributed by atoms with Gasteiger partial charge in [-0.3, -0.25) is 9.59 Å². The Morgan fingerprint density at radius 1 is 1.24 bits per heavy atom. The van der Waals surface area contributed by atoms with Crippen LogP contribution in [0.1, 0.15) is 37.0 Å². The number of carbonyl (C=O) groups excluding carboxylic acids is 2. The highest BCUT2D eigenvalue weighted by Crippen LogP contribution is 2.18. The fourth-order valence-corrected chi connectivity index (χ4v) is 3.30. The first-order valence-electron chi connectivity index (χ1n) is 6.68. The summed E-state index contributed by atoms with van der Waals surface area (Å²) in [6.45, 7) is 4.65. The number of thiophene rings is 1. The Bertz CT molecular complexity index is 620. The van der Waals surface area contributed by atoms with E-state index in [1.165, 1.54) is 22.7 Å². The third kappa shape index (κ3) is 4.12. The second kappa shape index (κ2) is 7.33. The molecule has 2 N–H and O–H groups in total. The lowest BCUT2D eigenvalue weighted by Crippen LogP contribution is -2.34. The lowest BCUT2D eigenvalue weighted by Gasteiger charge is -2.05. The molecule has 112 valence electrons. The van der Waals surface area contributed by atoms with Gasteiger partial charge in [0.05, 0.1) is 15.6 Å². The average molecular weight is 323 g/mol. The zero-order valence-corrected chi connectivity index (χ0v) is 13.6. The van der Waals surface area contributed by atoms with Crippen molar-refractivity contribution in [2.75, 3.05) is 13.1 Å². The third-order valence-corrected chi connectivity index (χ3v) is 4.96. The Morgan fingerprint density at radius 2 is 1.95 bits per heavy atom. The number of thiazole rings is 1. The van der Waals surface area contributed by atoms with Gasteiger partial charge in [0.15, 0.2) is 0 Å². The molecule has 0 saturated heterocycles. The van der Waals surface area contributed by atoms with Gasteiger partial charge in [-0.2, -0.15) is 0 Å².